The van der Waals surface area contributed by atoms with Crippen LogP contribution in [-0.2, 0) is 13.0 Å². The zero-order valence-electron chi connectivity index (χ0n) is 20.5. The van der Waals surface area contributed by atoms with Crippen molar-refractivity contribution in [1.82, 2.24) is 4.57 Å². The summed E-state index contributed by atoms with van der Waals surface area (Å²) < 4.78 is 15.6. The molecular formula is C28H27FN4O4. The first-order valence-corrected chi connectivity index (χ1v) is 12.7. The second kappa shape index (κ2) is 8.83. The molecule has 1 saturated heterocycles. The topological polar surface area (TPSA) is 88.7 Å². The Kier molecular flexibility index (Phi) is 5.58. The molecule has 0 saturated carbocycles. The van der Waals surface area contributed by atoms with Crippen LogP contribution in [0.2, 0.25) is 0 Å². The molecule has 4 heterocycles. The smallest absolute Gasteiger partial charge is 0.293 e. The fourth-order valence-corrected chi connectivity index (χ4v) is 6.33. The van der Waals surface area contributed by atoms with Gasteiger partial charge in [0.1, 0.15) is 11.5 Å². The number of carbonyl (C=O) groups is 1. The molecule has 37 heavy (non-hydrogen) atoms. The average Bonchev–Trinajstić information content (AvgIpc) is 2.88. The van der Waals surface area contributed by atoms with Gasteiger partial charge in [-0.05, 0) is 74.1 Å². The Hall–Kier alpha value is -4.01. The molecule has 0 aliphatic carbocycles. The van der Waals surface area contributed by atoms with Crippen LogP contribution >= 0.6 is 0 Å². The largest absolute Gasteiger partial charge is 0.365 e. The molecule has 1 fully saturated rings. The summed E-state index contributed by atoms with van der Waals surface area (Å²) in [5.74, 6) is -0.371. The Morgan fingerprint density at radius 3 is 2.68 bits per heavy atom. The molecule has 3 atom stereocenters. The van der Waals surface area contributed by atoms with E-state index in [-0.39, 0.29) is 46.4 Å². The van der Waals surface area contributed by atoms with Crippen LogP contribution < -0.4 is 15.4 Å². The highest BCUT2D eigenvalue weighted by molar-refractivity contribution is 6.08. The highest BCUT2D eigenvalue weighted by Crippen LogP contribution is 2.40. The summed E-state index contributed by atoms with van der Waals surface area (Å²) >= 11 is 0. The molecule has 3 aliphatic heterocycles. The maximum Gasteiger partial charge on any atom is 0.293 e. The number of amides is 1. The van der Waals surface area contributed by atoms with Crippen LogP contribution in [0.1, 0.15) is 47.3 Å². The van der Waals surface area contributed by atoms with Crippen molar-refractivity contribution < 1.29 is 14.1 Å². The van der Waals surface area contributed by atoms with Crippen LogP contribution in [0.5, 0.6) is 0 Å². The van der Waals surface area contributed by atoms with Crippen LogP contribution in [0.3, 0.4) is 0 Å². The number of aryl methyl sites for hydroxylation is 1. The van der Waals surface area contributed by atoms with Gasteiger partial charge < -0.3 is 14.4 Å². The molecule has 1 aromatic heterocycles. The van der Waals surface area contributed by atoms with Gasteiger partial charge in [-0.3, -0.25) is 19.7 Å². The SMILES string of the molecule is C[C@@H]1CCc2cc(F)ccc2N1C(=O)c1ccc(N2C[C@H]3C[C@@H](C2)c2cccc(=O)n2C3)c([N+](=O)[O-])c1. The van der Waals surface area contributed by atoms with E-state index in [9.17, 15) is 24.1 Å². The minimum atomic E-state index is -0.433. The number of anilines is 2. The molecule has 0 spiro atoms. The summed E-state index contributed by atoms with van der Waals surface area (Å²) in [5.41, 5.74) is 2.97. The lowest BCUT2D eigenvalue weighted by Gasteiger charge is -2.43. The summed E-state index contributed by atoms with van der Waals surface area (Å²) in [5, 5.41) is 12.2. The standard InChI is InChI=1S/C28H27FN4O4/c1-17-5-6-19-12-22(29)8-10-24(19)32(17)28(35)20-7-9-25(26(13-20)33(36)37)30-14-18-11-21(16-30)23-3-2-4-27(34)31(23)15-18/h2-4,7-10,12-13,17-18,21H,5-6,11,14-16H2,1H3/t17-,18-,21+/m1/s1. The summed E-state index contributed by atoms with van der Waals surface area (Å²) in [4.78, 5) is 41.3. The van der Waals surface area contributed by atoms with Gasteiger partial charge in [0.2, 0.25) is 0 Å². The minimum absolute atomic E-state index is 0.00857. The second-order valence-electron chi connectivity index (χ2n) is 10.4. The first-order valence-electron chi connectivity index (χ1n) is 12.7. The van der Waals surface area contributed by atoms with Crippen LogP contribution in [0.15, 0.2) is 59.4 Å². The maximum absolute atomic E-state index is 13.8. The van der Waals surface area contributed by atoms with Gasteiger partial charge in [-0.25, -0.2) is 4.39 Å². The number of nitro groups is 1. The summed E-state index contributed by atoms with van der Waals surface area (Å²) in [6.45, 7) is 3.70. The fraction of sp³-hybridized carbons (Fsp3) is 0.357. The normalized spacial score (nSPS) is 22.3. The lowest BCUT2D eigenvalue weighted by molar-refractivity contribution is -0.384. The average molecular weight is 503 g/mol. The maximum atomic E-state index is 13.8. The van der Waals surface area contributed by atoms with Crippen LogP contribution in [-0.4, -0.2) is 34.5 Å². The zero-order valence-corrected chi connectivity index (χ0v) is 20.5. The molecule has 9 heteroatoms. The van der Waals surface area contributed by atoms with E-state index in [4.69, 9.17) is 0 Å². The van der Waals surface area contributed by atoms with Gasteiger partial charge in [0, 0.05) is 60.7 Å². The molecule has 1 amide bonds. The fourth-order valence-electron chi connectivity index (χ4n) is 6.33. The van der Waals surface area contributed by atoms with Gasteiger partial charge in [0.05, 0.1) is 4.92 Å². The molecule has 0 N–H and O–H groups in total. The first kappa shape index (κ1) is 23.4. The number of fused-ring (bicyclic) bond motifs is 5. The number of hydrogen-bond donors (Lipinski definition) is 0. The molecule has 2 aromatic carbocycles. The van der Waals surface area contributed by atoms with Crippen molar-refractivity contribution in [3.8, 4) is 0 Å². The Morgan fingerprint density at radius 2 is 1.86 bits per heavy atom. The molecule has 2 bridgehead atoms. The Morgan fingerprint density at radius 1 is 1.05 bits per heavy atom. The zero-order chi connectivity index (χ0) is 25.8. The molecule has 190 valence electrons. The van der Waals surface area contributed by atoms with E-state index in [1.165, 1.54) is 18.2 Å². The van der Waals surface area contributed by atoms with Crippen molar-refractivity contribution in [2.24, 2.45) is 5.92 Å². The van der Waals surface area contributed by atoms with Crippen molar-refractivity contribution in [1.29, 1.82) is 0 Å². The molecule has 0 unspecified atom stereocenters. The number of piperidine rings is 1. The number of rotatable bonds is 3. The Bertz CT molecular complexity index is 1490. The Labute approximate surface area is 213 Å². The van der Waals surface area contributed by atoms with Crippen molar-refractivity contribution in [3.05, 3.63) is 97.7 Å². The van der Waals surface area contributed by atoms with Gasteiger partial charge >= 0.3 is 0 Å². The molecular weight excluding hydrogens is 475 g/mol. The summed E-state index contributed by atoms with van der Waals surface area (Å²) in [6.07, 6.45) is 2.30. The summed E-state index contributed by atoms with van der Waals surface area (Å²) in [7, 11) is 0. The van der Waals surface area contributed by atoms with E-state index in [0.717, 1.165) is 17.7 Å². The van der Waals surface area contributed by atoms with E-state index in [1.807, 2.05) is 22.5 Å². The van der Waals surface area contributed by atoms with Crippen LogP contribution in [0.25, 0.3) is 0 Å². The number of nitrogens with zero attached hydrogens (tertiary/aromatic N) is 4. The third kappa shape index (κ3) is 3.98. The molecule has 6 rings (SSSR count). The summed E-state index contributed by atoms with van der Waals surface area (Å²) in [6, 6.07) is 14.3. The minimum Gasteiger partial charge on any atom is -0.365 e. The number of carbonyl (C=O) groups excluding carboxylic acids is 1. The number of benzene rings is 2. The monoisotopic (exact) mass is 502 g/mol. The second-order valence-corrected chi connectivity index (χ2v) is 10.4. The predicted molar refractivity (Wildman–Crippen MR) is 138 cm³/mol. The number of pyridine rings is 1. The molecule has 3 aromatic rings. The highest BCUT2D eigenvalue weighted by atomic mass is 19.1. The van der Waals surface area contributed by atoms with Crippen molar-refractivity contribution in [2.45, 2.75) is 44.7 Å². The van der Waals surface area contributed by atoms with Gasteiger partial charge in [-0.15, -0.1) is 0 Å². The van der Waals surface area contributed by atoms with Crippen molar-refractivity contribution >= 4 is 23.0 Å². The van der Waals surface area contributed by atoms with Crippen molar-refractivity contribution in [3.63, 3.8) is 0 Å². The number of nitro benzene ring substituents is 1. The predicted octanol–water partition coefficient (Wildman–Crippen LogP) is 4.50. The molecule has 0 radical (unpaired) electrons. The number of aromatic nitrogens is 1. The van der Waals surface area contributed by atoms with E-state index >= 15 is 0 Å². The first-order chi connectivity index (χ1) is 17.8. The molecule has 3 aliphatic rings. The quantitative estimate of drug-likeness (QED) is 0.389. The number of hydrogen-bond acceptors (Lipinski definition) is 5. The highest BCUT2D eigenvalue weighted by Gasteiger charge is 2.37. The number of halogens is 1. The third-order valence-electron chi connectivity index (χ3n) is 8.03. The lowest BCUT2D eigenvalue weighted by Crippen LogP contribution is -2.47. The van der Waals surface area contributed by atoms with Crippen LogP contribution in [0.4, 0.5) is 21.5 Å². The van der Waals surface area contributed by atoms with Crippen molar-refractivity contribution in [2.75, 3.05) is 22.9 Å². The Balaban J connectivity index is 1.33. The van der Waals surface area contributed by atoms with E-state index < -0.39 is 4.92 Å². The molecule has 8 nitrogen and oxygen atoms in total. The third-order valence-corrected chi connectivity index (χ3v) is 8.03. The van der Waals surface area contributed by atoms with Gasteiger partial charge in [0.25, 0.3) is 17.2 Å². The van der Waals surface area contributed by atoms with Gasteiger partial charge in [-0.1, -0.05) is 6.07 Å². The lowest BCUT2D eigenvalue weighted by atomic mass is 9.83. The van der Waals surface area contributed by atoms with Gasteiger partial charge in [-0.2, -0.15) is 0 Å². The van der Waals surface area contributed by atoms with Gasteiger partial charge in [0.15, 0.2) is 0 Å². The van der Waals surface area contributed by atoms with E-state index in [2.05, 4.69) is 0 Å². The van der Waals surface area contributed by atoms with E-state index in [1.54, 1.807) is 35.2 Å². The van der Waals surface area contributed by atoms with E-state index in [0.29, 0.717) is 43.9 Å². The van der Waals surface area contributed by atoms with Crippen LogP contribution in [0, 0.1) is 21.8 Å².